The zero-order chi connectivity index (χ0) is 22.2. The Morgan fingerprint density at radius 3 is 2.38 bits per heavy atom. The Bertz CT molecular complexity index is 1240. The molecule has 2 amide bonds. The van der Waals surface area contributed by atoms with Crippen molar-refractivity contribution in [1.82, 2.24) is 24.3 Å². The number of carbonyl (C=O) groups is 2. The fraction of sp³-hybridized carbons (Fsp3) is 0.348. The van der Waals surface area contributed by atoms with Crippen molar-refractivity contribution < 1.29 is 9.59 Å². The summed E-state index contributed by atoms with van der Waals surface area (Å²) in [4.78, 5) is 50.9. The molecule has 1 saturated carbocycles. The number of amides is 2. The lowest BCUT2D eigenvalue weighted by Crippen LogP contribution is -2.52. The molecule has 0 atom stereocenters. The van der Waals surface area contributed by atoms with Gasteiger partial charge in [0.25, 0.3) is 11.5 Å². The first kappa shape index (κ1) is 20.6. The van der Waals surface area contributed by atoms with E-state index >= 15 is 0 Å². The Balaban J connectivity index is 1.30. The van der Waals surface area contributed by atoms with Gasteiger partial charge in [-0.15, -0.1) is 0 Å². The van der Waals surface area contributed by atoms with Crippen LogP contribution >= 0.6 is 11.6 Å². The number of carbonyl (C=O) groups excluding carboxylic acids is 2. The Morgan fingerprint density at radius 1 is 1.00 bits per heavy atom. The van der Waals surface area contributed by atoms with Gasteiger partial charge in [-0.2, -0.15) is 0 Å². The lowest BCUT2D eigenvalue weighted by molar-refractivity contribution is -0.131. The van der Waals surface area contributed by atoms with E-state index in [1.165, 1.54) is 0 Å². The smallest absolute Gasteiger partial charge is 0.284 e. The highest BCUT2D eigenvalue weighted by Crippen LogP contribution is 2.35. The Morgan fingerprint density at radius 2 is 1.69 bits per heavy atom. The Hall–Kier alpha value is -3.26. The summed E-state index contributed by atoms with van der Waals surface area (Å²) in [5.41, 5.74) is 1.50. The van der Waals surface area contributed by atoms with Crippen LogP contribution in [0.2, 0.25) is 5.02 Å². The molecular formula is C23H22ClN5O3. The number of hydrogen-bond donors (Lipinski definition) is 0. The molecule has 0 bridgehead atoms. The van der Waals surface area contributed by atoms with E-state index in [1.807, 2.05) is 12.1 Å². The molecule has 9 heteroatoms. The van der Waals surface area contributed by atoms with Gasteiger partial charge in [-0.3, -0.25) is 19.0 Å². The molecule has 0 spiro atoms. The van der Waals surface area contributed by atoms with Gasteiger partial charge < -0.3 is 9.80 Å². The molecule has 0 N–H and O–H groups in total. The third-order valence-corrected chi connectivity index (χ3v) is 6.20. The summed E-state index contributed by atoms with van der Waals surface area (Å²) in [6.45, 7) is 1.57. The van der Waals surface area contributed by atoms with E-state index in [0.717, 1.165) is 18.4 Å². The fourth-order valence-corrected chi connectivity index (χ4v) is 4.17. The van der Waals surface area contributed by atoms with Crippen molar-refractivity contribution in [3.8, 4) is 0 Å². The zero-order valence-electron chi connectivity index (χ0n) is 17.4. The Kier molecular flexibility index (Phi) is 5.38. The summed E-state index contributed by atoms with van der Waals surface area (Å²) in [6.07, 6.45) is 3.72. The molecule has 1 aliphatic carbocycles. The van der Waals surface area contributed by atoms with Gasteiger partial charge in [0.2, 0.25) is 5.91 Å². The molecule has 2 aliphatic rings. The molecule has 2 aromatic heterocycles. The minimum absolute atomic E-state index is 0.00501. The van der Waals surface area contributed by atoms with Crippen LogP contribution in [0.15, 0.2) is 47.4 Å². The molecule has 3 aromatic rings. The predicted octanol–water partition coefficient (Wildman–Crippen LogP) is 2.31. The number of nitrogens with zero attached hydrogens (tertiary/aromatic N) is 5. The fourth-order valence-electron chi connectivity index (χ4n) is 4.05. The molecule has 32 heavy (non-hydrogen) atoms. The number of benzene rings is 1. The summed E-state index contributed by atoms with van der Waals surface area (Å²) < 4.78 is 1.61. The minimum Gasteiger partial charge on any atom is -0.339 e. The van der Waals surface area contributed by atoms with Crippen LogP contribution in [0, 0.1) is 0 Å². The first-order valence-corrected chi connectivity index (χ1v) is 11.1. The second-order valence-corrected chi connectivity index (χ2v) is 8.63. The van der Waals surface area contributed by atoms with Crippen LogP contribution in [0.4, 0.5) is 0 Å². The van der Waals surface area contributed by atoms with Crippen molar-refractivity contribution in [2.75, 3.05) is 26.2 Å². The second-order valence-electron chi connectivity index (χ2n) is 8.19. The van der Waals surface area contributed by atoms with Crippen LogP contribution in [-0.2, 0) is 11.2 Å². The summed E-state index contributed by atoms with van der Waals surface area (Å²) in [5.74, 6) is -0.384. The molecule has 5 rings (SSSR count). The topological polar surface area (TPSA) is 88.4 Å². The standard InChI is InChI=1S/C23H22ClN5O3/c24-16-5-3-15(4-6-16)14-19(30)27-10-12-28(13-11-27)22(31)20-23(32)29(17-7-8-17)21-18(26-20)2-1-9-25-21/h1-6,9,17H,7-8,10-14H2. The van der Waals surface area contributed by atoms with Gasteiger partial charge in [0.15, 0.2) is 11.3 Å². The number of pyridine rings is 1. The maximum atomic E-state index is 13.2. The number of fused-ring (bicyclic) bond motifs is 1. The largest absolute Gasteiger partial charge is 0.339 e. The lowest BCUT2D eigenvalue weighted by atomic mass is 10.1. The molecule has 8 nitrogen and oxygen atoms in total. The van der Waals surface area contributed by atoms with Crippen molar-refractivity contribution in [2.45, 2.75) is 25.3 Å². The van der Waals surface area contributed by atoms with Crippen LogP contribution in [0.5, 0.6) is 0 Å². The van der Waals surface area contributed by atoms with Gasteiger partial charge in [0.1, 0.15) is 5.52 Å². The van der Waals surface area contributed by atoms with E-state index in [2.05, 4.69) is 9.97 Å². The molecule has 0 radical (unpaired) electrons. The molecule has 0 unspecified atom stereocenters. The lowest BCUT2D eigenvalue weighted by Gasteiger charge is -2.34. The monoisotopic (exact) mass is 451 g/mol. The zero-order valence-corrected chi connectivity index (χ0v) is 18.2. The quantitative estimate of drug-likeness (QED) is 0.607. The van der Waals surface area contributed by atoms with E-state index in [9.17, 15) is 14.4 Å². The highest BCUT2D eigenvalue weighted by molar-refractivity contribution is 6.30. The number of halogens is 1. The summed E-state index contributed by atoms with van der Waals surface area (Å²) >= 11 is 5.90. The molecule has 164 valence electrons. The van der Waals surface area contributed by atoms with Crippen LogP contribution in [0.3, 0.4) is 0 Å². The van der Waals surface area contributed by atoms with Gasteiger partial charge in [0.05, 0.1) is 6.42 Å². The van der Waals surface area contributed by atoms with E-state index in [0.29, 0.717) is 42.4 Å². The average molecular weight is 452 g/mol. The van der Waals surface area contributed by atoms with Crippen molar-refractivity contribution >= 4 is 34.6 Å². The third kappa shape index (κ3) is 3.98. The molecular weight excluding hydrogens is 430 g/mol. The van der Waals surface area contributed by atoms with Crippen molar-refractivity contribution in [1.29, 1.82) is 0 Å². The summed E-state index contributed by atoms with van der Waals surface area (Å²) in [5, 5.41) is 0.632. The number of hydrogen-bond acceptors (Lipinski definition) is 5. The molecule has 1 aromatic carbocycles. The van der Waals surface area contributed by atoms with Gasteiger partial charge >= 0.3 is 0 Å². The van der Waals surface area contributed by atoms with Crippen molar-refractivity contribution in [3.05, 3.63) is 69.2 Å². The van der Waals surface area contributed by atoms with Gasteiger partial charge in [-0.25, -0.2) is 9.97 Å². The van der Waals surface area contributed by atoms with Gasteiger partial charge in [-0.1, -0.05) is 23.7 Å². The molecule has 3 heterocycles. The molecule has 1 aliphatic heterocycles. The molecule has 2 fully saturated rings. The van der Waals surface area contributed by atoms with E-state index < -0.39 is 0 Å². The highest BCUT2D eigenvalue weighted by Gasteiger charge is 2.32. The third-order valence-electron chi connectivity index (χ3n) is 5.95. The van der Waals surface area contributed by atoms with E-state index in [1.54, 1.807) is 44.8 Å². The predicted molar refractivity (Wildman–Crippen MR) is 120 cm³/mol. The number of rotatable bonds is 4. The van der Waals surface area contributed by atoms with Crippen LogP contribution in [0.25, 0.3) is 11.2 Å². The Labute approximate surface area is 189 Å². The van der Waals surface area contributed by atoms with E-state index in [-0.39, 0.29) is 35.5 Å². The van der Waals surface area contributed by atoms with E-state index in [4.69, 9.17) is 11.6 Å². The normalized spacial score (nSPS) is 16.4. The maximum absolute atomic E-state index is 13.2. The second kappa shape index (κ2) is 8.35. The molecule has 1 saturated heterocycles. The number of piperazine rings is 1. The summed E-state index contributed by atoms with van der Waals surface area (Å²) in [6, 6.07) is 10.8. The minimum atomic E-state index is -0.389. The van der Waals surface area contributed by atoms with Crippen LogP contribution < -0.4 is 5.56 Å². The first-order valence-electron chi connectivity index (χ1n) is 10.7. The summed E-state index contributed by atoms with van der Waals surface area (Å²) in [7, 11) is 0. The van der Waals surface area contributed by atoms with Crippen LogP contribution in [-0.4, -0.2) is 62.3 Å². The van der Waals surface area contributed by atoms with Gasteiger partial charge in [0, 0.05) is 43.4 Å². The highest BCUT2D eigenvalue weighted by atomic mass is 35.5. The first-order chi connectivity index (χ1) is 15.5. The van der Waals surface area contributed by atoms with Crippen molar-refractivity contribution in [2.24, 2.45) is 0 Å². The average Bonchev–Trinajstić information content (AvgIpc) is 3.65. The van der Waals surface area contributed by atoms with Gasteiger partial charge in [-0.05, 0) is 42.7 Å². The number of aromatic nitrogens is 3. The SMILES string of the molecule is O=C(Cc1ccc(Cl)cc1)N1CCN(C(=O)c2nc3cccnc3n(C3CC3)c2=O)CC1. The van der Waals surface area contributed by atoms with Crippen molar-refractivity contribution in [3.63, 3.8) is 0 Å². The van der Waals surface area contributed by atoms with Crippen LogP contribution in [0.1, 0.15) is 34.9 Å². The maximum Gasteiger partial charge on any atom is 0.284 e.